The minimum absolute atomic E-state index is 0.767. The maximum Gasteiger partial charge on any atom is 0.0926 e. The predicted molar refractivity (Wildman–Crippen MR) is 57.9 cm³/mol. The fraction of sp³-hybridized carbons (Fsp3) is 0.250. The topological polar surface area (TPSA) is 17.8 Å². The summed E-state index contributed by atoms with van der Waals surface area (Å²) in [7, 11) is 1.96. The Balaban J connectivity index is 2.52. The van der Waals surface area contributed by atoms with Gasteiger partial charge in [-0.2, -0.15) is 5.10 Å². The van der Waals surface area contributed by atoms with Crippen molar-refractivity contribution in [3.63, 3.8) is 0 Å². The number of aromatic nitrogens is 2. The zero-order valence-corrected chi connectivity index (χ0v) is 8.20. The maximum atomic E-state index is 5.26. The zero-order valence-electron chi connectivity index (χ0n) is 8.20. The summed E-state index contributed by atoms with van der Waals surface area (Å²) in [5.41, 5.74) is 2.26. The van der Waals surface area contributed by atoms with E-state index in [0.717, 1.165) is 18.4 Å². The summed E-state index contributed by atoms with van der Waals surface area (Å²) in [6.07, 6.45) is 6.92. The molecule has 0 fully saturated rings. The second-order valence-electron chi connectivity index (χ2n) is 3.29. The van der Waals surface area contributed by atoms with Gasteiger partial charge < -0.3 is 0 Å². The molecule has 1 aromatic carbocycles. The number of hydrogen-bond acceptors (Lipinski definition) is 1. The van der Waals surface area contributed by atoms with Gasteiger partial charge in [0, 0.05) is 31.0 Å². The minimum Gasteiger partial charge on any atom is -0.271 e. The molecule has 1 heterocycles. The lowest BCUT2D eigenvalue weighted by Crippen LogP contribution is -1.97. The van der Waals surface area contributed by atoms with Crippen LogP contribution >= 0.6 is 0 Å². The molecule has 0 aliphatic carbocycles. The molecule has 0 aliphatic rings. The summed E-state index contributed by atoms with van der Waals surface area (Å²) in [6, 6.07) is 8.15. The summed E-state index contributed by atoms with van der Waals surface area (Å²) in [6.45, 7) is 0. The Bertz CT molecular complexity index is 488. The number of benzene rings is 1. The summed E-state index contributed by atoms with van der Waals surface area (Å²) >= 11 is 0. The molecule has 2 rings (SSSR count). The lowest BCUT2D eigenvalue weighted by Gasteiger charge is -1.98. The molecule has 0 bridgehead atoms. The Hall–Kier alpha value is -1.75. The van der Waals surface area contributed by atoms with E-state index in [0.29, 0.717) is 0 Å². The monoisotopic (exact) mass is 184 g/mol. The first-order chi connectivity index (χ1) is 6.83. The highest BCUT2D eigenvalue weighted by Crippen LogP contribution is 2.18. The molecule has 0 aliphatic heterocycles. The molecule has 0 amide bonds. The van der Waals surface area contributed by atoms with E-state index in [1.54, 1.807) is 0 Å². The van der Waals surface area contributed by atoms with Crippen LogP contribution in [0.15, 0.2) is 24.3 Å². The van der Waals surface area contributed by atoms with Gasteiger partial charge in [-0.1, -0.05) is 18.2 Å². The SMILES string of the molecule is C#CCCc1c2ccccc2nn1C. The molecule has 1 aromatic heterocycles. The van der Waals surface area contributed by atoms with Crippen LogP contribution in [0.2, 0.25) is 0 Å². The Morgan fingerprint density at radius 3 is 3.00 bits per heavy atom. The molecule has 2 nitrogen and oxygen atoms in total. The average Bonchev–Trinajstić information content (AvgIpc) is 2.51. The lowest BCUT2D eigenvalue weighted by molar-refractivity contribution is 0.719. The van der Waals surface area contributed by atoms with E-state index >= 15 is 0 Å². The van der Waals surface area contributed by atoms with Crippen LogP contribution in [0.4, 0.5) is 0 Å². The van der Waals surface area contributed by atoms with Gasteiger partial charge in [0.1, 0.15) is 0 Å². The van der Waals surface area contributed by atoms with E-state index in [9.17, 15) is 0 Å². The normalized spacial score (nSPS) is 10.3. The van der Waals surface area contributed by atoms with E-state index in [1.165, 1.54) is 11.1 Å². The van der Waals surface area contributed by atoms with Gasteiger partial charge in [0.05, 0.1) is 5.52 Å². The summed E-state index contributed by atoms with van der Waals surface area (Å²) in [5.74, 6) is 2.66. The molecule has 0 spiro atoms. The average molecular weight is 184 g/mol. The van der Waals surface area contributed by atoms with Gasteiger partial charge in [-0.05, 0) is 6.07 Å². The van der Waals surface area contributed by atoms with Gasteiger partial charge in [0.25, 0.3) is 0 Å². The third-order valence-corrected chi connectivity index (χ3v) is 2.37. The first-order valence-corrected chi connectivity index (χ1v) is 4.67. The second-order valence-corrected chi connectivity index (χ2v) is 3.29. The van der Waals surface area contributed by atoms with Crippen molar-refractivity contribution in [3.05, 3.63) is 30.0 Å². The molecule has 0 saturated carbocycles. The van der Waals surface area contributed by atoms with Crippen LogP contribution in [-0.2, 0) is 13.5 Å². The highest BCUT2D eigenvalue weighted by Gasteiger charge is 2.06. The van der Waals surface area contributed by atoms with E-state index < -0.39 is 0 Å². The van der Waals surface area contributed by atoms with E-state index in [1.807, 2.05) is 29.9 Å². The standard InChI is InChI=1S/C12H12N2/c1-3-4-9-12-10-7-5-6-8-11(10)13-14(12)2/h1,5-8H,4,9H2,2H3. The van der Waals surface area contributed by atoms with Gasteiger partial charge in [-0.3, -0.25) is 4.68 Å². The molecule has 0 atom stereocenters. The van der Waals surface area contributed by atoms with Crippen molar-refractivity contribution in [1.29, 1.82) is 0 Å². The smallest absolute Gasteiger partial charge is 0.0926 e. The fourth-order valence-corrected chi connectivity index (χ4v) is 1.69. The molecule has 2 aromatic rings. The highest BCUT2D eigenvalue weighted by molar-refractivity contribution is 5.81. The maximum absolute atomic E-state index is 5.26. The molecular weight excluding hydrogens is 172 g/mol. The molecule has 0 N–H and O–H groups in total. The highest BCUT2D eigenvalue weighted by atomic mass is 15.3. The number of terminal acetylenes is 1. The van der Waals surface area contributed by atoms with Crippen molar-refractivity contribution < 1.29 is 0 Å². The summed E-state index contributed by atoms with van der Waals surface area (Å²) in [4.78, 5) is 0. The Morgan fingerprint density at radius 2 is 2.21 bits per heavy atom. The van der Waals surface area contributed by atoms with Crippen molar-refractivity contribution in [1.82, 2.24) is 9.78 Å². The van der Waals surface area contributed by atoms with Crippen LogP contribution in [0.1, 0.15) is 12.1 Å². The number of aryl methyl sites for hydroxylation is 2. The van der Waals surface area contributed by atoms with Crippen molar-refractivity contribution in [2.75, 3.05) is 0 Å². The molecule has 70 valence electrons. The van der Waals surface area contributed by atoms with Crippen molar-refractivity contribution >= 4 is 10.9 Å². The van der Waals surface area contributed by atoms with Crippen LogP contribution in [0.25, 0.3) is 10.9 Å². The third-order valence-electron chi connectivity index (χ3n) is 2.37. The first-order valence-electron chi connectivity index (χ1n) is 4.67. The van der Waals surface area contributed by atoms with Crippen LogP contribution in [0.5, 0.6) is 0 Å². The van der Waals surface area contributed by atoms with Crippen LogP contribution < -0.4 is 0 Å². The summed E-state index contributed by atoms with van der Waals surface area (Å²) < 4.78 is 1.92. The molecule has 14 heavy (non-hydrogen) atoms. The quantitative estimate of drug-likeness (QED) is 0.654. The molecule has 2 heteroatoms. The number of fused-ring (bicyclic) bond motifs is 1. The molecule has 0 saturated heterocycles. The number of nitrogens with zero attached hydrogens (tertiary/aromatic N) is 2. The van der Waals surface area contributed by atoms with Gasteiger partial charge in [0.2, 0.25) is 0 Å². The van der Waals surface area contributed by atoms with Crippen LogP contribution in [0.3, 0.4) is 0 Å². The first kappa shape index (κ1) is 8.83. The zero-order chi connectivity index (χ0) is 9.97. The van der Waals surface area contributed by atoms with Gasteiger partial charge in [-0.25, -0.2) is 0 Å². The largest absolute Gasteiger partial charge is 0.271 e. The minimum atomic E-state index is 0.767. The second kappa shape index (κ2) is 3.55. The van der Waals surface area contributed by atoms with Crippen molar-refractivity contribution in [2.24, 2.45) is 7.05 Å². The van der Waals surface area contributed by atoms with Crippen molar-refractivity contribution in [2.45, 2.75) is 12.8 Å². The van der Waals surface area contributed by atoms with E-state index in [2.05, 4.69) is 17.1 Å². The van der Waals surface area contributed by atoms with Crippen molar-refractivity contribution in [3.8, 4) is 12.3 Å². The van der Waals surface area contributed by atoms with Gasteiger partial charge in [-0.15, -0.1) is 12.3 Å². The van der Waals surface area contributed by atoms with E-state index in [4.69, 9.17) is 6.42 Å². The van der Waals surface area contributed by atoms with E-state index in [-0.39, 0.29) is 0 Å². The third kappa shape index (κ3) is 1.38. The molecule has 0 unspecified atom stereocenters. The van der Waals surface area contributed by atoms with Crippen LogP contribution in [-0.4, -0.2) is 9.78 Å². The lowest BCUT2D eigenvalue weighted by atomic mass is 10.1. The predicted octanol–water partition coefficient (Wildman–Crippen LogP) is 2.14. The summed E-state index contributed by atoms with van der Waals surface area (Å²) in [5, 5.41) is 5.63. The fourth-order valence-electron chi connectivity index (χ4n) is 1.69. The van der Waals surface area contributed by atoms with Gasteiger partial charge >= 0.3 is 0 Å². The van der Waals surface area contributed by atoms with Crippen LogP contribution in [0, 0.1) is 12.3 Å². The molecular formula is C12H12N2. The number of hydrogen-bond donors (Lipinski definition) is 0. The number of rotatable bonds is 2. The Labute approximate surface area is 83.5 Å². The Kier molecular flexibility index (Phi) is 2.24. The Morgan fingerprint density at radius 1 is 1.43 bits per heavy atom. The van der Waals surface area contributed by atoms with Gasteiger partial charge in [0.15, 0.2) is 0 Å². The molecule has 0 radical (unpaired) electrons.